The van der Waals surface area contributed by atoms with E-state index in [9.17, 15) is 5.11 Å². The zero-order chi connectivity index (χ0) is 13.5. The smallest absolute Gasteiger partial charge is 0.0804 e. The molecule has 0 radical (unpaired) electrons. The van der Waals surface area contributed by atoms with E-state index in [-0.39, 0.29) is 6.04 Å². The minimum atomic E-state index is -0.403. The fourth-order valence-electron chi connectivity index (χ4n) is 2.12. The Labute approximate surface area is 115 Å². The number of hydrogen-bond donors (Lipinski definition) is 2. The molecule has 0 saturated carbocycles. The van der Waals surface area contributed by atoms with E-state index in [1.165, 1.54) is 5.56 Å². The van der Waals surface area contributed by atoms with E-state index < -0.39 is 6.10 Å². The van der Waals surface area contributed by atoms with Gasteiger partial charge in [0.2, 0.25) is 0 Å². The molecule has 0 aliphatic heterocycles. The van der Waals surface area contributed by atoms with Gasteiger partial charge in [0.25, 0.3) is 0 Å². The number of rotatable bonds is 6. The van der Waals surface area contributed by atoms with Crippen LogP contribution in [0.15, 0.2) is 60.7 Å². The molecule has 2 heteroatoms. The Morgan fingerprint density at radius 1 is 0.947 bits per heavy atom. The van der Waals surface area contributed by atoms with Gasteiger partial charge in [-0.05, 0) is 24.5 Å². The predicted molar refractivity (Wildman–Crippen MR) is 78.8 cm³/mol. The first-order valence-corrected chi connectivity index (χ1v) is 6.76. The van der Waals surface area contributed by atoms with Gasteiger partial charge in [-0.2, -0.15) is 0 Å². The highest BCUT2D eigenvalue weighted by atomic mass is 16.3. The van der Waals surface area contributed by atoms with Gasteiger partial charge in [-0.3, -0.25) is 0 Å². The van der Waals surface area contributed by atoms with Crippen LogP contribution >= 0.6 is 0 Å². The van der Waals surface area contributed by atoms with Gasteiger partial charge in [-0.15, -0.1) is 0 Å². The summed E-state index contributed by atoms with van der Waals surface area (Å²) in [5.41, 5.74) is 2.25. The normalized spacial score (nSPS) is 14.0. The molecule has 0 aliphatic carbocycles. The van der Waals surface area contributed by atoms with Crippen molar-refractivity contribution in [2.24, 2.45) is 0 Å². The third-order valence-corrected chi connectivity index (χ3v) is 3.26. The summed E-state index contributed by atoms with van der Waals surface area (Å²) < 4.78 is 0. The lowest BCUT2D eigenvalue weighted by atomic mass is 10.0. The highest BCUT2D eigenvalue weighted by Gasteiger charge is 2.11. The van der Waals surface area contributed by atoms with Crippen molar-refractivity contribution >= 4 is 0 Å². The van der Waals surface area contributed by atoms with Gasteiger partial charge in [-0.1, -0.05) is 60.7 Å². The monoisotopic (exact) mass is 255 g/mol. The summed E-state index contributed by atoms with van der Waals surface area (Å²) >= 11 is 0. The van der Waals surface area contributed by atoms with E-state index in [4.69, 9.17) is 0 Å². The Hall–Kier alpha value is -1.64. The summed E-state index contributed by atoms with van der Waals surface area (Å²) in [6.07, 6.45) is 0.316. The minimum Gasteiger partial charge on any atom is -0.388 e. The van der Waals surface area contributed by atoms with Crippen LogP contribution in [0.4, 0.5) is 0 Å². The lowest BCUT2D eigenvalue weighted by molar-refractivity contribution is 0.154. The average molecular weight is 255 g/mol. The van der Waals surface area contributed by atoms with Crippen LogP contribution in [0.1, 0.15) is 30.6 Å². The molecule has 0 aliphatic rings. The summed E-state index contributed by atoms with van der Waals surface area (Å²) in [6, 6.07) is 20.4. The van der Waals surface area contributed by atoms with Crippen LogP contribution in [0.5, 0.6) is 0 Å². The second-order valence-corrected chi connectivity index (χ2v) is 4.93. The molecule has 2 aromatic rings. The average Bonchev–Trinajstić information content (AvgIpc) is 2.47. The van der Waals surface area contributed by atoms with E-state index in [1.807, 2.05) is 48.5 Å². The molecule has 2 unspecified atom stereocenters. The first kappa shape index (κ1) is 13.8. The minimum absolute atomic E-state index is 0.274. The van der Waals surface area contributed by atoms with Crippen LogP contribution in [0.2, 0.25) is 0 Å². The van der Waals surface area contributed by atoms with Crippen molar-refractivity contribution < 1.29 is 5.11 Å². The standard InChI is InChI=1S/C17H21NO/c1-14(18-13-15-8-4-2-5-9-15)12-17(19)16-10-6-3-7-11-16/h2-11,14,17-19H,12-13H2,1H3. The number of hydrogen-bond acceptors (Lipinski definition) is 2. The fraction of sp³-hybridized carbons (Fsp3) is 0.294. The summed E-state index contributed by atoms with van der Waals surface area (Å²) in [6.45, 7) is 2.94. The molecule has 0 heterocycles. The molecule has 0 aromatic heterocycles. The lowest BCUT2D eigenvalue weighted by Gasteiger charge is -2.18. The molecule has 2 aromatic carbocycles. The first-order valence-electron chi connectivity index (χ1n) is 6.76. The predicted octanol–water partition coefficient (Wildman–Crippen LogP) is 3.29. The Morgan fingerprint density at radius 2 is 1.53 bits per heavy atom. The maximum atomic E-state index is 10.1. The zero-order valence-electron chi connectivity index (χ0n) is 11.3. The highest BCUT2D eigenvalue weighted by Crippen LogP contribution is 2.17. The van der Waals surface area contributed by atoms with Gasteiger partial charge < -0.3 is 10.4 Å². The van der Waals surface area contributed by atoms with E-state index in [2.05, 4.69) is 24.4 Å². The van der Waals surface area contributed by atoms with Gasteiger partial charge in [0, 0.05) is 12.6 Å². The van der Waals surface area contributed by atoms with Crippen LogP contribution in [-0.2, 0) is 6.54 Å². The molecular formula is C17H21NO. The van der Waals surface area contributed by atoms with Crippen molar-refractivity contribution in [2.75, 3.05) is 0 Å². The Morgan fingerprint density at radius 3 is 2.16 bits per heavy atom. The van der Waals surface area contributed by atoms with E-state index in [0.717, 1.165) is 18.5 Å². The number of nitrogens with one attached hydrogen (secondary N) is 1. The van der Waals surface area contributed by atoms with Gasteiger partial charge in [-0.25, -0.2) is 0 Å². The van der Waals surface area contributed by atoms with Gasteiger partial charge >= 0.3 is 0 Å². The molecule has 19 heavy (non-hydrogen) atoms. The van der Waals surface area contributed by atoms with Gasteiger partial charge in [0.1, 0.15) is 0 Å². The largest absolute Gasteiger partial charge is 0.388 e. The van der Waals surface area contributed by atoms with E-state index >= 15 is 0 Å². The Bertz CT molecular complexity index is 469. The number of aliphatic hydroxyl groups excluding tert-OH is 1. The molecular weight excluding hydrogens is 234 g/mol. The molecule has 0 fully saturated rings. The summed E-state index contributed by atoms with van der Waals surface area (Å²) in [4.78, 5) is 0. The van der Waals surface area contributed by atoms with Crippen LogP contribution in [-0.4, -0.2) is 11.1 Å². The summed E-state index contributed by atoms with van der Waals surface area (Å²) in [5, 5.41) is 13.6. The fourth-order valence-corrected chi connectivity index (χ4v) is 2.12. The third kappa shape index (κ3) is 4.51. The molecule has 2 rings (SSSR count). The lowest BCUT2D eigenvalue weighted by Crippen LogP contribution is -2.27. The van der Waals surface area contributed by atoms with Crippen LogP contribution < -0.4 is 5.32 Å². The van der Waals surface area contributed by atoms with Crippen molar-refractivity contribution in [3.8, 4) is 0 Å². The summed E-state index contributed by atoms with van der Waals surface area (Å²) in [5.74, 6) is 0. The topological polar surface area (TPSA) is 32.3 Å². The molecule has 2 nitrogen and oxygen atoms in total. The molecule has 0 bridgehead atoms. The van der Waals surface area contributed by atoms with Crippen LogP contribution in [0, 0.1) is 0 Å². The molecule has 0 saturated heterocycles. The van der Waals surface area contributed by atoms with Gasteiger partial charge in [0.05, 0.1) is 6.10 Å². The van der Waals surface area contributed by atoms with Crippen LogP contribution in [0.25, 0.3) is 0 Å². The molecule has 0 spiro atoms. The van der Waals surface area contributed by atoms with Crippen molar-refractivity contribution in [1.29, 1.82) is 0 Å². The second kappa shape index (κ2) is 7.07. The molecule has 2 atom stereocenters. The third-order valence-electron chi connectivity index (χ3n) is 3.26. The zero-order valence-corrected chi connectivity index (χ0v) is 11.3. The van der Waals surface area contributed by atoms with E-state index in [1.54, 1.807) is 0 Å². The summed E-state index contributed by atoms with van der Waals surface area (Å²) in [7, 11) is 0. The molecule has 2 N–H and O–H groups in total. The maximum absolute atomic E-state index is 10.1. The van der Waals surface area contributed by atoms with Crippen LogP contribution in [0.3, 0.4) is 0 Å². The SMILES string of the molecule is CC(CC(O)c1ccccc1)NCc1ccccc1. The number of aliphatic hydroxyl groups is 1. The Kier molecular flexibility index (Phi) is 5.13. The van der Waals surface area contributed by atoms with Crippen molar-refractivity contribution in [3.63, 3.8) is 0 Å². The quantitative estimate of drug-likeness (QED) is 0.830. The maximum Gasteiger partial charge on any atom is 0.0804 e. The Balaban J connectivity index is 1.80. The van der Waals surface area contributed by atoms with E-state index in [0.29, 0.717) is 0 Å². The molecule has 0 amide bonds. The highest BCUT2D eigenvalue weighted by molar-refractivity contribution is 5.17. The second-order valence-electron chi connectivity index (χ2n) is 4.93. The van der Waals surface area contributed by atoms with Crippen molar-refractivity contribution in [2.45, 2.75) is 32.0 Å². The number of benzene rings is 2. The van der Waals surface area contributed by atoms with Crippen molar-refractivity contribution in [1.82, 2.24) is 5.32 Å². The first-order chi connectivity index (χ1) is 9.25. The van der Waals surface area contributed by atoms with Gasteiger partial charge in [0.15, 0.2) is 0 Å². The van der Waals surface area contributed by atoms with Crippen molar-refractivity contribution in [3.05, 3.63) is 71.8 Å². The molecule has 100 valence electrons.